The van der Waals surface area contributed by atoms with E-state index < -0.39 is 47.1 Å². The monoisotopic (exact) mass is 591 g/mol. The van der Waals surface area contributed by atoms with Crippen LogP contribution in [0.3, 0.4) is 0 Å². The number of pyridine rings is 1. The van der Waals surface area contributed by atoms with Gasteiger partial charge in [-0.1, -0.05) is 0 Å². The summed E-state index contributed by atoms with van der Waals surface area (Å²) in [5.74, 6) is -4.47. The molecule has 2 N–H and O–H groups in total. The Labute approximate surface area is 223 Å². The molecule has 0 amide bonds. The van der Waals surface area contributed by atoms with Crippen molar-refractivity contribution in [2.24, 2.45) is 0 Å². The molecule has 1 aliphatic rings. The van der Waals surface area contributed by atoms with Crippen LogP contribution in [0.4, 0.5) is 38.1 Å². The summed E-state index contributed by atoms with van der Waals surface area (Å²) in [6.07, 6.45) is -2.97. The molecular weight excluding hydrogens is 568 g/mol. The number of sulfonamides is 1. The summed E-state index contributed by atoms with van der Waals surface area (Å²) in [5, 5.41) is 9.38. The SMILES string of the molecule is CNc1nc(N[C@@H]2CCN(S(C)(=O)=O)CC2(F)F)nn2cc(F)c(-c3ccc4nc(C)n(CC(F)(F)F)c4n3)c12. The van der Waals surface area contributed by atoms with E-state index in [9.17, 15) is 30.4 Å². The Morgan fingerprint density at radius 3 is 2.52 bits per heavy atom. The molecule has 5 rings (SSSR count). The van der Waals surface area contributed by atoms with Crippen LogP contribution in [-0.4, -0.2) is 86.4 Å². The Morgan fingerprint density at radius 1 is 1.18 bits per heavy atom. The zero-order chi connectivity index (χ0) is 29.2. The van der Waals surface area contributed by atoms with Crippen molar-refractivity contribution in [1.29, 1.82) is 0 Å². The van der Waals surface area contributed by atoms with Gasteiger partial charge in [0.25, 0.3) is 5.92 Å². The predicted molar refractivity (Wildman–Crippen MR) is 133 cm³/mol. The number of fused-ring (bicyclic) bond motifs is 2. The second-order valence-corrected chi connectivity index (χ2v) is 11.4. The largest absolute Gasteiger partial charge is 0.406 e. The van der Waals surface area contributed by atoms with E-state index in [1.54, 1.807) is 0 Å². The number of aromatic nitrogens is 6. The molecule has 40 heavy (non-hydrogen) atoms. The van der Waals surface area contributed by atoms with Crippen molar-refractivity contribution in [2.75, 3.05) is 37.0 Å². The summed E-state index contributed by atoms with van der Waals surface area (Å²) in [4.78, 5) is 12.6. The van der Waals surface area contributed by atoms with Crippen molar-refractivity contribution >= 4 is 38.5 Å². The number of hydrogen-bond acceptors (Lipinski definition) is 8. The normalized spacial score (nSPS) is 18.5. The zero-order valence-electron chi connectivity index (χ0n) is 21.3. The second-order valence-electron chi connectivity index (χ2n) is 9.42. The molecule has 1 aliphatic heterocycles. The van der Waals surface area contributed by atoms with E-state index in [0.717, 1.165) is 21.5 Å². The Morgan fingerprint density at radius 2 is 1.90 bits per heavy atom. The maximum Gasteiger partial charge on any atom is 0.406 e. The third kappa shape index (κ3) is 5.12. The molecule has 1 atom stereocenters. The topological polar surface area (TPSA) is 122 Å². The third-order valence-corrected chi connectivity index (χ3v) is 7.78. The van der Waals surface area contributed by atoms with Crippen LogP contribution in [0.25, 0.3) is 27.9 Å². The van der Waals surface area contributed by atoms with E-state index in [2.05, 4.69) is 30.7 Å². The van der Waals surface area contributed by atoms with Crippen LogP contribution in [0.2, 0.25) is 0 Å². The number of aryl methyl sites for hydroxylation is 1. The minimum absolute atomic E-state index is 0.0173. The molecular formula is C22H23F6N9O2S. The highest BCUT2D eigenvalue weighted by Gasteiger charge is 2.47. The summed E-state index contributed by atoms with van der Waals surface area (Å²) in [5.41, 5.74) is 0.0146. The molecule has 11 nitrogen and oxygen atoms in total. The predicted octanol–water partition coefficient (Wildman–Crippen LogP) is 3.27. The van der Waals surface area contributed by atoms with Crippen LogP contribution in [0.1, 0.15) is 12.2 Å². The van der Waals surface area contributed by atoms with E-state index in [0.29, 0.717) is 4.31 Å². The molecule has 0 radical (unpaired) electrons. The smallest absolute Gasteiger partial charge is 0.371 e. The molecule has 0 bridgehead atoms. The number of anilines is 2. The van der Waals surface area contributed by atoms with Gasteiger partial charge >= 0.3 is 6.18 Å². The first-order valence-corrected chi connectivity index (χ1v) is 13.7. The van der Waals surface area contributed by atoms with Gasteiger partial charge in [0.15, 0.2) is 17.3 Å². The van der Waals surface area contributed by atoms with Gasteiger partial charge in [0.05, 0.1) is 36.3 Å². The van der Waals surface area contributed by atoms with Crippen molar-refractivity contribution < 1.29 is 34.8 Å². The quantitative estimate of drug-likeness (QED) is 0.328. The van der Waals surface area contributed by atoms with Gasteiger partial charge in [0, 0.05) is 13.6 Å². The fraction of sp³-hybridized carbons (Fsp3) is 0.455. The van der Waals surface area contributed by atoms with E-state index in [-0.39, 0.29) is 58.5 Å². The molecule has 1 fully saturated rings. The highest BCUT2D eigenvalue weighted by atomic mass is 32.2. The minimum Gasteiger partial charge on any atom is -0.371 e. The second kappa shape index (κ2) is 9.46. The molecule has 0 saturated carbocycles. The first kappa shape index (κ1) is 27.9. The van der Waals surface area contributed by atoms with Crippen molar-refractivity contribution in [3.05, 3.63) is 30.0 Å². The van der Waals surface area contributed by atoms with Gasteiger partial charge in [-0.2, -0.15) is 22.5 Å². The lowest BCUT2D eigenvalue weighted by Gasteiger charge is -2.37. The minimum atomic E-state index is -4.54. The molecule has 0 aromatic carbocycles. The standard InChI is InChI=1S/C22H23F6N9O2S/c1-11-30-14-5-4-13(31-19(14)36(11)10-22(26,27)28)16-12(23)8-37-17(16)18(29-2)33-20(34-37)32-15-6-7-35(40(3,38)39)9-21(15,24)25/h4-5,8,15H,6-7,9-10H2,1-3H3,(H2,29,32,33,34)/t15-/m1/s1. The van der Waals surface area contributed by atoms with Crippen molar-refractivity contribution in [3.63, 3.8) is 0 Å². The molecule has 18 heteroatoms. The van der Waals surface area contributed by atoms with Gasteiger partial charge in [-0.05, 0) is 25.5 Å². The molecule has 0 aliphatic carbocycles. The lowest BCUT2D eigenvalue weighted by Crippen LogP contribution is -2.55. The number of hydrogen-bond donors (Lipinski definition) is 2. The number of rotatable bonds is 6. The molecule has 216 valence electrons. The molecule has 5 heterocycles. The molecule has 0 spiro atoms. The van der Waals surface area contributed by atoms with Gasteiger partial charge in [-0.15, -0.1) is 5.10 Å². The third-order valence-electron chi connectivity index (χ3n) is 6.53. The van der Waals surface area contributed by atoms with Gasteiger partial charge < -0.3 is 15.2 Å². The highest BCUT2D eigenvalue weighted by molar-refractivity contribution is 7.88. The molecule has 1 saturated heterocycles. The lowest BCUT2D eigenvalue weighted by atomic mass is 10.0. The Kier molecular flexibility index (Phi) is 6.60. The molecule has 4 aromatic rings. The van der Waals surface area contributed by atoms with Crippen molar-refractivity contribution in [3.8, 4) is 11.3 Å². The van der Waals surface area contributed by atoms with E-state index in [4.69, 9.17) is 0 Å². The van der Waals surface area contributed by atoms with Crippen molar-refractivity contribution in [1.82, 2.24) is 33.4 Å². The van der Waals surface area contributed by atoms with E-state index in [1.807, 2.05) is 0 Å². The maximum atomic E-state index is 15.3. The van der Waals surface area contributed by atoms with Gasteiger partial charge in [-0.3, -0.25) is 0 Å². The summed E-state index contributed by atoms with van der Waals surface area (Å²) in [6.45, 7) is -1.10. The van der Waals surface area contributed by atoms with Gasteiger partial charge in [-0.25, -0.2) is 36.1 Å². The number of nitrogens with one attached hydrogen (secondary N) is 2. The van der Waals surface area contributed by atoms with Gasteiger partial charge in [0.2, 0.25) is 16.0 Å². The average Bonchev–Trinajstić information content (AvgIpc) is 3.32. The van der Waals surface area contributed by atoms with Gasteiger partial charge in [0.1, 0.15) is 23.4 Å². The summed E-state index contributed by atoms with van der Waals surface area (Å²) in [7, 11) is -2.36. The van der Waals surface area contributed by atoms with Crippen LogP contribution in [0.15, 0.2) is 18.3 Å². The zero-order valence-corrected chi connectivity index (χ0v) is 22.1. The number of piperidine rings is 1. The number of halogens is 6. The van der Waals surface area contributed by atoms with Crippen LogP contribution in [0.5, 0.6) is 0 Å². The Hall–Kier alpha value is -3.67. The molecule has 0 unspecified atom stereocenters. The van der Waals surface area contributed by atoms with Crippen LogP contribution in [-0.2, 0) is 16.6 Å². The number of nitrogens with zero attached hydrogens (tertiary/aromatic N) is 7. The maximum absolute atomic E-state index is 15.3. The fourth-order valence-corrected chi connectivity index (χ4v) is 5.52. The van der Waals surface area contributed by atoms with E-state index in [1.165, 1.54) is 26.1 Å². The Bertz CT molecular complexity index is 1720. The fourth-order valence-electron chi connectivity index (χ4n) is 4.68. The lowest BCUT2D eigenvalue weighted by molar-refractivity contribution is -0.140. The van der Waals surface area contributed by atoms with Crippen LogP contribution < -0.4 is 10.6 Å². The summed E-state index contributed by atoms with van der Waals surface area (Å²) < 4.78 is 110. The summed E-state index contributed by atoms with van der Waals surface area (Å²) >= 11 is 0. The molecule has 4 aromatic heterocycles. The first-order chi connectivity index (χ1) is 18.6. The van der Waals surface area contributed by atoms with Crippen LogP contribution >= 0.6 is 0 Å². The highest BCUT2D eigenvalue weighted by Crippen LogP contribution is 2.35. The number of alkyl halides is 5. The Balaban J connectivity index is 1.54. The summed E-state index contributed by atoms with van der Waals surface area (Å²) in [6, 6.07) is 1.31. The van der Waals surface area contributed by atoms with Crippen molar-refractivity contribution in [2.45, 2.75) is 38.0 Å². The number of imidazole rings is 1. The average molecular weight is 592 g/mol. The van der Waals surface area contributed by atoms with E-state index >= 15 is 4.39 Å². The first-order valence-electron chi connectivity index (χ1n) is 11.8. The van der Waals surface area contributed by atoms with Crippen LogP contribution in [0, 0.1) is 12.7 Å².